The van der Waals surface area contributed by atoms with E-state index in [2.05, 4.69) is 0 Å². The second-order valence-electron chi connectivity index (χ2n) is 2.42. The first-order chi connectivity index (χ1) is 4.95. The average molecular weight is 156 g/mol. The van der Waals surface area contributed by atoms with Crippen LogP contribution < -0.4 is 0 Å². The van der Waals surface area contributed by atoms with Gasteiger partial charge in [-0.25, -0.2) is 0 Å². The minimum Gasteiger partial charge on any atom is -0.482 e. The minimum atomic E-state index is -1.06. The van der Waals surface area contributed by atoms with Crippen LogP contribution in [0.2, 0.25) is 5.82 Å². The van der Waals surface area contributed by atoms with Crippen molar-refractivity contribution in [3.05, 3.63) is 0 Å². The van der Waals surface area contributed by atoms with Crippen LogP contribution in [0.5, 0.6) is 0 Å². The molecule has 0 aromatic carbocycles. The molecule has 0 rings (SSSR count). The maximum atomic E-state index is 10.6. The van der Waals surface area contributed by atoms with Crippen molar-refractivity contribution < 1.29 is 19.5 Å². The second kappa shape index (κ2) is 3.90. The molecule has 0 aliphatic carbocycles. The Labute approximate surface area is 65.0 Å². The van der Waals surface area contributed by atoms with Crippen molar-refractivity contribution in [1.29, 1.82) is 0 Å². The fourth-order valence-electron chi connectivity index (χ4n) is 0.509. The van der Waals surface area contributed by atoms with E-state index in [1.807, 2.05) is 0 Å². The molecule has 0 aromatic heterocycles. The van der Waals surface area contributed by atoms with Crippen molar-refractivity contribution in [1.82, 2.24) is 0 Å². The van der Waals surface area contributed by atoms with E-state index < -0.39 is 23.4 Å². The van der Waals surface area contributed by atoms with Crippen molar-refractivity contribution in [2.75, 3.05) is 0 Å². The zero-order valence-corrected chi connectivity index (χ0v) is 6.46. The normalized spacial score (nSPS) is 12.1. The number of ketones is 2. The smallest absolute Gasteiger partial charge is 0.298 e. The molecule has 60 valence electrons. The van der Waals surface area contributed by atoms with Crippen molar-refractivity contribution in [2.24, 2.45) is 0 Å². The van der Waals surface area contributed by atoms with Crippen LogP contribution in [0, 0.1) is 0 Å². The van der Waals surface area contributed by atoms with Gasteiger partial charge in [-0.15, -0.1) is 0 Å². The molecule has 0 aromatic rings. The van der Waals surface area contributed by atoms with E-state index in [9.17, 15) is 14.4 Å². The number of hydrogen-bond donors (Lipinski definition) is 1. The highest BCUT2D eigenvalue weighted by Crippen LogP contribution is 2.05. The number of aliphatic carboxylic acids is 1. The second-order valence-corrected chi connectivity index (χ2v) is 2.42. The fraction of sp³-hybridized carbons (Fsp3) is 0.500. The van der Waals surface area contributed by atoms with E-state index in [1.54, 1.807) is 0 Å². The monoisotopic (exact) mass is 156 g/mol. The van der Waals surface area contributed by atoms with E-state index in [0.29, 0.717) is 0 Å². The van der Waals surface area contributed by atoms with E-state index in [-0.39, 0.29) is 6.42 Å². The molecule has 0 heterocycles. The van der Waals surface area contributed by atoms with E-state index in [4.69, 9.17) is 5.11 Å². The average Bonchev–Trinajstić information content (AvgIpc) is 1.87. The zero-order valence-electron chi connectivity index (χ0n) is 6.46. The third-order valence-electron chi connectivity index (χ3n) is 1.31. The Bertz CT molecular complexity index is 199. The van der Waals surface area contributed by atoms with Gasteiger partial charge in [-0.05, 0) is 0 Å². The molecule has 1 atom stereocenters. The summed E-state index contributed by atoms with van der Waals surface area (Å²) in [7, 11) is 1.39. The summed E-state index contributed by atoms with van der Waals surface area (Å²) < 4.78 is 0. The van der Waals surface area contributed by atoms with Gasteiger partial charge in [-0.2, -0.15) is 0 Å². The number of carbonyl (C=O) groups is 3. The molecule has 0 spiro atoms. The summed E-state index contributed by atoms with van der Waals surface area (Å²) in [5.74, 6) is -3.04. The lowest BCUT2D eigenvalue weighted by molar-refractivity contribution is -0.140. The largest absolute Gasteiger partial charge is 0.482 e. The quantitative estimate of drug-likeness (QED) is 0.420. The molecule has 0 saturated heterocycles. The van der Waals surface area contributed by atoms with Gasteiger partial charge < -0.3 is 5.11 Å². The van der Waals surface area contributed by atoms with Gasteiger partial charge in [0.05, 0.1) is 0 Å². The lowest BCUT2D eigenvalue weighted by Gasteiger charge is -2.01. The summed E-state index contributed by atoms with van der Waals surface area (Å²) in [5.41, 5.74) is 0. The molecule has 5 heteroatoms. The summed E-state index contributed by atoms with van der Waals surface area (Å²) in [6, 6.07) is 0. The molecule has 0 saturated carbocycles. The van der Waals surface area contributed by atoms with Crippen LogP contribution in [0.15, 0.2) is 0 Å². The minimum absolute atomic E-state index is 0.204. The Morgan fingerprint density at radius 1 is 1.45 bits per heavy atom. The first-order valence-corrected chi connectivity index (χ1v) is 3.21. The predicted molar refractivity (Wildman–Crippen MR) is 40.2 cm³/mol. The molecule has 4 nitrogen and oxygen atoms in total. The van der Waals surface area contributed by atoms with Crippen molar-refractivity contribution >= 4 is 25.4 Å². The highest BCUT2D eigenvalue weighted by Gasteiger charge is 2.17. The van der Waals surface area contributed by atoms with Crippen LogP contribution in [-0.2, 0) is 14.4 Å². The molecule has 0 aliphatic heterocycles. The molecule has 1 N–H and O–H groups in total. The van der Waals surface area contributed by atoms with Gasteiger partial charge in [0.15, 0.2) is 11.6 Å². The Morgan fingerprint density at radius 2 is 1.91 bits per heavy atom. The fourth-order valence-corrected chi connectivity index (χ4v) is 0.509. The van der Waals surface area contributed by atoms with Crippen LogP contribution in [0.1, 0.15) is 13.3 Å². The summed E-state index contributed by atoms with van der Waals surface area (Å²) in [6.07, 6.45) is -0.204. The number of carbonyl (C=O) groups excluding carboxylic acids is 2. The highest BCUT2D eigenvalue weighted by atomic mass is 16.4. The molecular weight excluding hydrogens is 147 g/mol. The van der Waals surface area contributed by atoms with Crippen LogP contribution in [0.25, 0.3) is 0 Å². The van der Waals surface area contributed by atoms with Gasteiger partial charge in [0.2, 0.25) is 0 Å². The number of carboxylic acids is 1. The molecule has 11 heavy (non-hydrogen) atoms. The molecule has 1 unspecified atom stereocenters. The third-order valence-corrected chi connectivity index (χ3v) is 1.31. The summed E-state index contributed by atoms with van der Waals surface area (Å²) >= 11 is 0. The van der Waals surface area contributed by atoms with Crippen LogP contribution in [0.3, 0.4) is 0 Å². The Morgan fingerprint density at radius 3 is 2.18 bits per heavy atom. The molecule has 0 bridgehead atoms. The van der Waals surface area contributed by atoms with Gasteiger partial charge in [0.1, 0.15) is 7.85 Å². The van der Waals surface area contributed by atoms with E-state index >= 15 is 0 Å². The van der Waals surface area contributed by atoms with Crippen molar-refractivity contribution in [3.8, 4) is 0 Å². The van der Waals surface area contributed by atoms with Gasteiger partial charge in [0, 0.05) is 19.2 Å². The van der Waals surface area contributed by atoms with Crippen LogP contribution in [0.4, 0.5) is 0 Å². The van der Waals surface area contributed by atoms with Gasteiger partial charge in [-0.3, -0.25) is 14.4 Å². The van der Waals surface area contributed by atoms with Crippen molar-refractivity contribution in [2.45, 2.75) is 19.2 Å². The van der Waals surface area contributed by atoms with Gasteiger partial charge in [0.25, 0.3) is 5.97 Å². The van der Waals surface area contributed by atoms with Crippen LogP contribution >= 0.6 is 0 Å². The van der Waals surface area contributed by atoms with Crippen LogP contribution in [-0.4, -0.2) is 30.5 Å². The predicted octanol–water partition coefficient (Wildman–Crippen LogP) is -0.959. The first-order valence-electron chi connectivity index (χ1n) is 3.21. The van der Waals surface area contributed by atoms with Gasteiger partial charge >= 0.3 is 0 Å². The zero-order chi connectivity index (χ0) is 9.02. The summed E-state index contributed by atoms with van der Waals surface area (Å²) in [6.45, 7) is 1.14. The number of rotatable bonds is 4. The number of carboxylic acid groups (broad SMARTS) is 1. The van der Waals surface area contributed by atoms with Crippen molar-refractivity contribution in [3.63, 3.8) is 0 Å². The lowest BCUT2D eigenvalue weighted by Crippen LogP contribution is -2.17. The molecule has 0 aliphatic rings. The first kappa shape index (κ1) is 9.87. The maximum absolute atomic E-state index is 10.6. The Balaban J connectivity index is 3.95. The standard InChI is InChI=1S/C6H9BO4/c1-3(8)5(9)2-4(7)6(10)11/h4H,2,7H2,1H3,(H,10,11). The van der Waals surface area contributed by atoms with E-state index in [1.165, 1.54) is 7.85 Å². The molecule has 0 fully saturated rings. The number of hydrogen-bond acceptors (Lipinski definition) is 3. The third kappa shape index (κ3) is 3.55. The highest BCUT2D eigenvalue weighted by molar-refractivity contribution is 6.38. The van der Waals surface area contributed by atoms with E-state index in [0.717, 1.165) is 6.92 Å². The SMILES string of the molecule is BC(CC(=O)C(C)=O)C(=O)O. The summed E-state index contributed by atoms with van der Waals surface area (Å²) in [4.78, 5) is 31.2. The Hall–Kier alpha value is -1.13. The molecule has 0 amide bonds. The maximum Gasteiger partial charge on any atom is 0.298 e. The Kier molecular flexibility index (Phi) is 3.50. The lowest BCUT2D eigenvalue weighted by atomic mass is 9.83. The molecular formula is C6H9BO4. The topological polar surface area (TPSA) is 71.4 Å². The summed E-state index contributed by atoms with van der Waals surface area (Å²) in [5, 5.41) is 8.35. The van der Waals surface area contributed by atoms with Gasteiger partial charge in [-0.1, -0.05) is 0 Å². The number of Topliss-reactive ketones (excluding diaryl/α,β-unsaturated/α-hetero) is 2. The molecule has 0 radical (unpaired) electrons.